The van der Waals surface area contributed by atoms with E-state index in [0.717, 1.165) is 5.56 Å². The van der Waals surface area contributed by atoms with Crippen LogP contribution >= 0.6 is 7.82 Å². The summed E-state index contributed by atoms with van der Waals surface area (Å²) in [5.41, 5.74) is 2.58. The Morgan fingerprint density at radius 1 is 1.22 bits per heavy atom. The van der Waals surface area contributed by atoms with Gasteiger partial charge in [-0.15, -0.1) is 0 Å². The number of carbonyl (C=O) groups excluding carboxylic acids is 1. The molecule has 1 aromatic heterocycles. The topological polar surface area (TPSA) is 143 Å². The molecule has 1 aliphatic heterocycles. The molecule has 0 spiro atoms. The molecule has 32 heavy (non-hydrogen) atoms. The quantitative estimate of drug-likeness (QED) is 0.395. The minimum atomic E-state index is -4.65. The lowest BCUT2D eigenvalue weighted by Crippen LogP contribution is -2.25. The van der Waals surface area contributed by atoms with Gasteiger partial charge in [-0.05, 0) is 24.3 Å². The fourth-order valence-electron chi connectivity index (χ4n) is 3.41. The van der Waals surface area contributed by atoms with Crippen molar-refractivity contribution < 1.29 is 33.5 Å². The molecule has 0 saturated carbocycles. The van der Waals surface area contributed by atoms with Crippen LogP contribution in [0.3, 0.4) is 0 Å². The lowest BCUT2D eigenvalue weighted by Gasteiger charge is -2.15. The van der Waals surface area contributed by atoms with E-state index < -0.39 is 32.9 Å². The number of phosphoric acid groups is 1. The van der Waals surface area contributed by atoms with E-state index in [1.165, 1.54) is 0 Å². The number of aliphatic hydroxyl groups is 1. The van der Waals surface area contributed by atoms with Crippen molar-refractivity contribution in [3.63, 3.8) is 0 Å². The summed E-state index contributed by atoms with van der Waals surface area (Å²) in [6.07, 6.45) is 1.15. The van der Waals surface area contributed by atoms with Crippen molar-refractivity contribution in [3.05, 3.63) is 72.7 Å². The van der Waals surface area contributed by atoms with Gasteiger partial charge in [0.1, 0.15) is 12.3 Å². The number of ether oxygens (including phenoxy) is 1. The van der Waals surface area contributed by atoms with Crippen LogP contribution in [0, 0.1) is 0 Å². The number of hydrogen-bond acceptors (Lipinski definition) is 6. The molecule has 1 aliphatic rings. The molecule has 4 N–H and O–H groups in total. The second-order valence-electron chi connectivity index (χ2n) is 7.33. The van der Waals surface area contributed by atoms with Crippen molar-refractivity contribution in [2.45, 2.75) is 24.9 Å². The largest absolute Gasteiger partial charge is 0.469 e. The molecule has 1 fully saturated rings. The number of phosphoric ester groups is 1. The van der Waals surface area contributed by atoms with Crippen LogP contribution in [-0.2, 0) is 13.8 Å². The summed E-state index contributed by atoms with van der Waals surface area (Å²) in [7, 11) is -4.65. The van der Waals surface area contributed by atoms with Gasteiger partial charge in [-0.25, -0.2) is 9.55 Å². The van der Waals surface area contributed by atoms with Crippen molar-refractivity contribution in [1.29, 1.82) is 0 Å². The van der Waals surface area contributed by atoms with Gasteiger partial charge in [0.25, 0.3) is 5.91 Å². The third-order valence-corrected chi connectivity index (χ3v) is 5.48. The molecule has 10 nitrogen and oxygen atoms in total. The van der Waals surface area contributed by atoms with Crippen LogP contribution in [0.5, 0.6) is 0 Å². The first-order valence-corrected chi connectivity index (χ1v) is 11.4. The van der Waals surface area contributed by atoms with E-state index >= 15 is 0 Å². The lowest BCUT2D eigenvalue weighted by atomic mass is 10.1. The molecule has 4 rings (SSSR count). The van der Waals surface area contributed by atoms with Gasteiger partial charge >= 0.3 is 7.82 Å². The normalized spacial score (nSPS) is 20.9. The molecule has 0 radical (unpaired) electrons. The van der Waals surface area contributed by atoms with Crippen molar-refractivity contribution >= 4 is 19.4 Å². The molecule has 0 unspecified atom stereocenters. The number of carbonyl (C=O) groups is 1. The van der Waals surface area contributed by atoms with Gasteiger partial charge in [-0.2, -0.15) is 0 Å². The Morgan fingerprint density at radius 3 is 2.75 bits per heavy atom. The predicted octanol–water partition coefficient (Wildman–Crippen LogP) is 2.56. The lowest BCUT2D eigenvalue weighted by molar-refractivity contribution is -0.0435. The molecule has 2 aromatic carbocycles. The summed E-state index contributed by atoms with van der Waals surface area (Å²) in [6, 6.07) is 16.1. The number of nitrogens with one attached hydrogen (secondary N) is 1. The van der Waals surface area contributed by atoms with Crippen LogP contribution in [0.2, 0.25) is 0 Å². The Balaban J connectivity index is 1.43. The molecule has 0 aliphatic carbocycles. The zero-order chi connectivity index (χ0) is 22.7. The average molecular weight is 459 g/mol. The number of hydrogen-bond donors (Lipinski definition) is 4. The third kappa shape index (κ3) is 5.49. The van der Waals surface area contributed by atoms with Crippen LogP contribution in [0.1, 0.15) is 23.0 Å². The van der Waals surface area contributed by atoms with E-state index in [0.29, 0.717) is 16.9 Å². The molecule has 3 atom stereocenters. The monoisotopic (exact) mass is 459 g/mol. The van der Waals surface area contributed by atoms with Crippen LogP contribution < -0.4 is 5.32 Å². The number of rotatable bonds is 7. The van der Waals surface area contributed by atoms with Gasteiger partial charge in [0, 0.05) is 29.4 Å². The smallest absolute Gasteiger partial charge is 0.390 e. The van der Waals surface area contributed by atoms with Crippen LogP contribution in [0.15, 0.2) is 67.1 Å². The summed E-state index contributed by atoms with van der Waals surface area (Å²) in [5.74, 6) is -0.217. The first-order valence-electron chi connectivity index (χ1n) is 9.82. The van der Waals surface area contributed by atoms with Crippen molar-refractivity contribution in [2.75, 3.05) is 11.9 Å². The van der Waals surface area contributed by atoms with E-state index in [-0.39, 0.29) is 12.3 Å². The zero-order valence-corrected chi connectivity index (χ0v) is 17.7. The van der Waals surface area contributed by atoms with E-state index in [1.807, 2.05) is 12.1 Å². The standard InChI is InChI=1S/C21H22N3O7P/c25-18-10-20(31-19(18)12-30-32(27,28)29)24-11-17(22-13-24)15-7-4-8-16(9-15)23-21(26)14-5-2-1-3-6-14/h1-9,11,13,18-20,25H,10,12H2,(H,23,26)(H2,27,28,29)/t18-,19+,20+/m0/s1. The van der Waals surface area contributed by atoms with Crippen molar-refractivity contribution in [2.24, 2.45) is 0 Å². The highest BCUT2D eigenvalue weighted by molar-refractivity contribution is 7.46. The third-order valence-electron chi connectivity index (χ3n) is 5.00. The summed E-state index contributed by atoms with van der Waals surface area (Å²) in [5, 5.41) is 13.0. The molecular weight excluding hydrogens is 437 g/mol. The molecule has 1 saturated heterocycles. The number of nitrogens with zero attached hydrogens (tertiary/aromatic N) is 2. The highest BCUT2D eigenvalue weighted by Crippen LogP contribution is 2.38. The molecule has 3 aromatic rings. The van der Waals surface area contributed by atoms with Gasteiger partial charge in [-0.1, -0.05) is 30.3 Å². The summed E-state index contributed by atoms with van der Waals surface area (Å²) < 4.78 is 22.7. The average Bonchev–Trinajstić information content (AvgIpc) is 3.39. The van der Waals surface area contributed by atoms with Gasteiger partial charge in [0.05, 0.1) is 24.7 Å². The maximum Gasteiger partial charge on any atom is 0.469 e. The number of imidazole rings is 1. The summed E-state index contributed by atoms with van der Waals surface area (Å²) in [6.45, 7) is -0.424. The van der Waals surface area contributed by atoms with Gasteiger partial charge in [0.2, 0.25) is 0 Å². The second kappa shape index (κ2) is 9.33. The number of benzene rings is 2. The Labute approximate surface area is 183 Å². The van der Waals surface area contributed by atoms with Crippen molar-refractivity contribution in [3.8, 4) is 11.3 Å². The van der Waals surface area contributed by atoms with Crippen LogP contribution in [0.25, 0.3) is 11.3 Å². The van der Waals surface area contributed by atoms with Crippen LogP contribution in [-0.4, -0.2) is 49.2 Å². The van der Waals surface area contributed by atoms with Gasteiger partial charge in [-0.3, -0.25) is 9.32 Å². The van der Waals surface area contributed by atoms with Crippen LogP contribution in [0.4, 0.5) is 5.69 Å². The van der Waals surface area contributed by atoms with Crippen molar-refractivity contribution in [1.82, 2.24) is 9.55 Å². The SMILES string of the molecule is O=C(Nc1cccc(-c2cn([C@H]3C[C@H](O)[C@@H](COP(=O)(O)O)O3)cn2)c1)c1ccccc1. The van der Waals surface area contributed by atoms with E-state index in [4.69, 9.17) is 14.5 Å². The number of anilines is 1. The summed E-state index contributed by atoms with van der Waals surface area (Å²) >= 11 is 0. The fourth-order valence-corrected chi connectivity index (χ4v) is 3.75. The molecule has 1 amide bonds. The molecule has 168 valence electrons. The Hall–Kier alpha value is -2.85. The van der Waals surface area contributed by atoms with E-state index in [2.05, 4.69) is 14.8 Å². The maximum absolute atomic E-state index is 12.4. The van der Waals surface area contributed by atoms with E-state index in [1.54, 1.807) is 59.6 Å². The number of amides is 1. The Morgan fingerprint density at radius 2 is 2.00 bits per heavy atom. The van der Waals surface area contributed by atoms with E-state index in [9.17, 15) is 14.5 Å². The number of aromatic nitrogens is 2. The predicted molar refractivity (Wildman–Crippen MR) is 115 cm³/mol. The summed E-state index contributed by atoms with van der Waals surface area (Å²) in [4.78, 5) is 34.4. The Kier molecular flexibility index (Phi) is 6.52. The minimum Gasteiger partial charge on any atom is -0.390 e. The number of aliphatic hydroxyl groups excluding tert-OH is 1. The fraction of sp³-hybridized carbons (Fsp3) is 0.238. The molecule has 0 bridgehead atoms. The molecular formula is C21H22N3O7P. The maximum atomic E-state index is 12.4. The highest BCUT2D eigenvalue weighted by Gasteiger charge is 2.36. The first kappa shape index (κ1) is 22.3. The minimum absolute atomic E-state index is 0.217. The second-order valence-corrected chi connectivity index (χ2v) is 8.57. The highest BCUT2D eigenvalue weighted by atomic mass is 31.2. The Bertz CT molecular complexity index is 1130. The first-order chi connectivity index (χ1) is 15.3. The van der Waals surface area contributed by atoms with Gasteiger partial charge < -0.3 is 29.5 Å². The molecule has 11 heteroatoms. The van der Waals surface area contributed by atoms with Gasteiger partial charge in [0.15, 0.2) is 0 Å². The zero-order valence-electron chi connectivity index (χ0n) is 16.8. The molecule has 2 heterocycles.